The number of nitrogens with zero attached hydrogens (tertiary/aromatic N) is 1. The topological polar surface area (TPSA) is 68.6 Å². The fraction of sp³-hybridized carbons (Fsp3) is 0. The summed E-state index contributed by atoms with van der Waals surface area (Å²) >= 11 is 0. The number of rotatable bonds is 1. The molecule has 0 aliphatic heterocycles. The fourth-order valence-corrected chi connectivity index (χ4v) is 1.14. The normalized spacial score (nSPS) is 10.3. The Labute approximate surface area is 67.9 Å². The van der Waals surface area contributed by atoms with E-state index in [9.17, 15) is 4.91 Å². The zero-order valence-electron chi connectivity index (χ0n) is 6.15. The van der Waals surface area contributed by atoms with Gasteiger partial charge in [0.1, 0.15) is 0 Å². The molecule has 0 aliphatic rings. The van der Waals surface area contributed by atoms with Crippen molar-refractivity contribution in [3.63, 3.8) is 0 Å². The molecule has 1 aromatic carbocycles. The summed E-state index contributed by atoms with van der Waals surface area (Å²) in [5.74, 6) is 0. The van der Waals surface area contributed by atoms with Crippen LogP contribution in [-0.4, -0.2) is 0 Å². The van der Waals surface area contributed by atoms with Crippen LogP contribution >= 0.6 is 0 Å². The zero-order valence-corrected chi connectivity index (χ0v) is 6.15. The molecule has 2 rings (SSSR count). The summed E-state index contributed by atoms with van der Waals surface area (Å²) in [7, 11) is 0. The highest BCUT2D eigenvalue weighted by atomic mass is 16.3. The molecule has 60 valence electrons. The van der Waals surface area contributed by atoms with Crippen molar-refractivity contribution in [2.24, 2.45) is 5.18 Å². The summed E-state index contributed by atoms with van der Waals surface area (Å²) in [6.07, 6.45) is 1.48. The molecule has 0 atom stereocenters. The van der Waals surface area contributed by atoms with Crippen molar-refractivity contribution >= 4 is 22.3 Å². The first-order valence-electron chi connectivity index (χ1n) is 3.42. The molecule has 4 heteroatoms. The Kier molecular flexibility index (Phi) is 1.33. The quantitative estimate of drug-likeness (QED) is 0.517. The first-order valence-corrected chi connectivity index (χ1v) is 3.42. The summed E-state index contributed by atoms with van der Waals surface area (Å²) < 4.78 is 5.05. The molecule has 0 saturated heterocycles. The van der Waals surface area contributed by atoms with Crippen LogP contribution in [-0.2, 0) is 0 Å². The van der Waals surface area contributed by atoms with Crippen molar-refractivity contribution in [3.8, 4) is 0 Å². The van der Waals surface area contributed by atoms with Crippen molar-refractivity contribution in [1.29, 1.82) is 0 Å². The molecule has 0 amide bonds. The number of benzene rings is 1. The second-order valence-electron chi connectivity index (χ2n) is 2.43. The number of hydrogen-bond acceptors (Lipinski definition) is 4. The minimum Gasteiger partial charge on any atom is -0.462 e. The van der Waals surface area contributed by atoms with Crippen LogP contribution < -0.4 is 5.73 Å². The first-order chi connectivity index (χ1) is 5.83. The fourth-order valence-electron chi connectivity index (χ4n) is 1.14. The second-order valence-corrected chi connectivity index (χ2v) is 2.43. The number of nitrogen functional groups attached to an aromatic ring is 1. The Morgan fingerprint density at radius 1 is 1.33 bits per heavy atom. The smallest absolute Gasteiger partial charge is 0.165 e. The number of nitroso groups, excluding NO2 is 1. The van der Waals surface area contributed by atoms with Gasteiger partial charge in [0.15, 0.2) is 11.3 Å². The van der Waals surface area contributed by atoms with Crippen LogP contribution in [0, 0.1) is 4.91 Å². The predicted molar refractivity (Wildman–Crippen MR) is 46.1 cm³/mol. The molecule has 4 nitrogen and oxygen atoms in total. The number of furan rings is 1. The van der Waals surface area contributed by atoms with E-state index in [0.717, 1.165) is 5.39 Å². The Balaban J connectivity index is 2.91. The van der Waals surface area contributed by atoms with Gasteiger partial charge in [-0.25, -0.2) is 0 Å². The summed E-state index contributed by atoms with van der Waals surface area (Å²) in [5, 5.41) is 3.54. The SMILES string of the molecule is Nc1ccc(N=O)c2occc12. The van der Waals surface area contributed by atoms with Crippen molar-refractivity contribution in [1.82, 2.24) is 0 Å². The van der Waals surface area contributed by atoms with Crippen LogP contribution in [0.2, 0.25) is 0 Å². The third kappa shape index (κ3) is 0.780. The van der Waals surface area contributed by atoms with Gasteiger partial charge in [0, 0.05) is 11.1 Å². The van der Waals surface area contributed by atoms with Gasteiger partial charge in [-0.05, 0) is 23.4 Å². The van der Waals surface area contributed by atoms with Crippen molar-refractivity contribution < 1.29 is 4.42 Å². The van der Waals surface area contributed by atoms with Gasteiger partial charge in [-0.2, -0.15) is 0 Å². The maximum atomic E-state index is 10.3. The average molecular weight is 162 g/mol. The van der Waals surface area contributed by atoms with Gasteiger partial charge >= 0.3 is 0 Å². The first kappa shape index (κ1) is 6.84. The van der Waals surface area contributed by atoms with Crippen LogP contribution in [0.5, 0.6) is 0 Å². The van der Waals surface area contributed by atoms with Gasteiger partial charge in [-0.3, -0.25) is 0 Å². The average Bonchev–Trinajstić information content (AvgIpc) is 2.54. The van der Waals surface area contributed by atoms with E-state index in [1.54, 1.807) is 12.1 Å². The molecule has 2 aromatic rings. The maximum Gasteiger partial charge on any atom is 0.165 e. The van der Waals surface area contributed by atoms with Crippen LogP contribution in [0.15, 0.2) is 34.1 Å². The molecular formula is C8H6N2O2. The van der Waals surface area contributed by atoms with Crippen molar-refractivity contribution in [3.05, 3.63) is 29.4 Å². The van der Waals surface area contributed by atoms with Crippen LogP contribution in [0.1, 0.15) is 0 Å². The Morgan fingerprint density at radius 3 is 2.92 bits per heavy atom. The molecule has 0 aliphatic carbocycles. The lowest BCUT2D eigenvalue weighted by molar-refractivity contribution is 0.616. The maximum absolute atomic E-state index is 10.3. The summed E-state index contributed by atoms with van der Waals surface area (Å²) in [4.78, 5) is 10.3. The molecule has 2 N–H and O–H groups in total. The molecule has 1 heterocycles. The molecule has 12 heavy (non-hydrogen) atoms. The number of nitrogens with two attached hydrogens (primary N) is 1. The van der Waals surface area contributed by atoms with Gasteiger partial charge in [0.2, 0.25) is 0 Å². The molecule has 0 spiro atoms. The largest absolute Gasteiger partial charge is 0.462 e. The third-order valence-corrected chi connectivity index (χ3v) is 1.73. The third-order valence-electron chi connectivity index (χ3n) is 1.73. The Hall–Kier alpha value is -1.84. The predicted octanol–water partition coefficient (Wildman–Crippen LogP) is 2.41. The Morgan fingerprint density at radius 2 is 2.17 bits per heavy atom. The number of anilines is 1. The minimum atomic E-state index is 0.282. The van der Waals surface area contributed by atoms with Gasteiger partial charge in [0.25, 0.3) is 0 Å². The lowest BCUT2D eigenvalue weighted by Crippen LogP contribution is -1.83. The van der Waals surface area contributed by atoms with Gasteiger partial charge in [-0.1, -0.05) is 0 Å². The number of fused-ring (bicyclic) bond motifs is 1. The van der Waals surface area contributed by atoms with Crippen LogP contribution in [0.25, 0.3) is 11.0 Å². The van der Waals surface area contributed by atoms with Crippen molar-refractivity contribution in [2.45, 2.75) is 0 Å². The monoisotopic (exact) mass is 162 g/mol. The summed E-state index contributed by atoms with van der Waals surface area (Å²) in [6, 6.07) is 4.88. The molecule has 0 saturated carbocycles. The molecule has 0 fully saturated rings. The standard InChI is InChI=1S/C8H6N2O2/c9-6-1-2-7(10-11)8-5(6)3-4-12-8/h1-4H,9H2. The molecule has 0 unspecified atom stereocenters. The van der Waals surface area contributed by atoms with Crippen LogP contribution in [0.3, 0.4) is 0 Å². The second kappa shape index (κ2) is 2.34. The van der Waals surface area contributed by atoms with E-state index in [4.69, 9.17) is 10.2 Å². The molecule has 0 radical (unpaired) electrons. The van der Waals surface area contributed by atoms with E-state index in [2.05, 4.69) is 5.18 Å². The van der Waals surface area contributed by atoms with E-state index in [1.165, 1.54) is 12.3 Å². The highest BCUT2D eigenvalue weighted by molar-refractivity contribution is 5.96. The summed E-state index contributed by atoms with van der Waals surface area (Å²) in [6.45, 7) is 0. The lowest BCUT2D eigenvalue weighted by Gasteiger charge is -1.94. The molecule has 1 aromatic heterocycles. The number of hydrogen-bond donors (Lipinski definition) is 1. The highest BCUT2D eigenvalue weighted by Gasteiger charge is 2.06. The van der Waals surface area contributed by atoms with Gasteiger partial charge in [0.05, 0.1) is 6.26 Å². The zero-order chi connectivity index (χ0) is 8.55. The van der Waals surface area contributed by atoms with E-state index in [0.29, 0.717) is 11.3 Å². The van der Waals surface area contributed by atoms with E-state index >= 15 is 0 Å². The highest BCUT2D eigenvalue weighted by Crippen LogP contribution is 2.30. The van der Waals surface area contributed by atoms with Gasteiger partial charge in [-0.15, -0.1) is 4.91 Å². The van der Waals surface area contributed by atoms with Crippen molar-refractivity contribution in [2.75, 3.05) is 5.73 Å². The minimum absolute atomic E-state index is 0.282. The van der Waals surface area contributed by atoms with Gasteiger partial charge < -0.3 is 10.2 Å². The summed E-state index contributed by atoms with van der Waals surface area (Å²) in [5.41, 5.74) is 6.94. The van der Waals surface area contributed by atoms with Crippen LogP contribution in [0.4, 0.5) is 11.4 Å². The van der Waals surface area contributed by atoms with E-state index < -0.39 is 0 Å². The lowest BCUT2D eigenvalue weighted by atomic mass is 10.2. The van der Waals surface area contributed by atoms with E-state index in [1.807, 2.05) is 0 Å². The molecular weight excluding hydrogens is 156 g/mol. The van der Waals surface area contributed by atoms with E-state index in [-0.39, 0.29) is 5.69 Å². The Bertz CT molecular complexity index is 434. The molecule has 0 bridgehead atoms.